The topological polar surface area (TPSA) is 55.4 Å². The van der Waals surface area contributed by atoms with E-state index in [0.29, 0.717) is 45.2 Å². The highest BCUT2D eigenvalue weighted by atomic mass is 79.9. The van der Waals surface area contributed by atoms with Crippen molar-refractivity contribution in [1.29, 1.82) is 0 Å². The number of alkyl halides is 2. The summed E-state index contributed by atoms with van der Waals surface area (Å²) in [6.07, 6.45) is 0. The Morgan fingerprint density at radius 3 is 1.46 bits per heavy atom. The fourth-order valence-corrected chi connectivity index (χ4v) is 4.12. The third kappa shape index (κ3) is 2.58. The number of hydrogen-bond donors (Lipinski definition) is 0. The van der Waals surface area contributed by atoms with Gasteiger partial charge in [-0.25, -0.2) is 0 Å². The van der Waals surface area contributed by atoms with Crippen LogP contribution in [0.4, 0.5) is 0 Å². The summed E-state index contributed by atoms with van der Waals surface area (Å²) in [4.78, 5) is 0. The monoisotopic (exact) mass is 486 g/mol. The van der Waals surface area contributed by atoms with E-state index >= 15 is 0 Å². The van der Waals surface area contributed by atoms with Crippen LogP contribution in [0.5, 0.6) is 34.5 Å². The highest BCUT2D eigenvalue weighted by Gasteiger charge is 2.33. The van der Waals surface area contributed by atoms with E-state index in [1.807, 2.05) is 12.1 Å². The molecule has 0 fully saturated rings. The third-order valence-corrected chi connectivity index (χ3v) is 5.57. The average molecular weight is 488 g/mol. The normalized spacial score (nSPS) is 13.8. The molecule has 0 aromatic heterocycles. The zero-order chi connectivity index (χ0) is 18.3. The molecular formula is C18H16Br2O6. The molecule has 0 unspecified atom stereocenters. The van der Waals surface area contributed by atoms with Gasteiger partial charge in [-0.05, 0) is 23.3 Å². The molecule has 0 spiro atoms. The van der Waals surface area contributed by atoms with Gasteiger partial charge in [-0.3, -0.25) is 0 Å². The summed E-state index contributed by atoms with van der Waals surface area (Å²) in [5, 5.41) is 1.22. The smallest absolute Gasteiger partial charge is 0.231 e. The fourth-order valence-electron chi connectivity index (χ4n) is 3.24. The van der Waals surface area contributed by atoms with E-state index in [1.54, 1.807) is 14.2 Å². The second kappa shape index (κ2) is 7.08. The van der Waals surface area contributed by atoms with Crippen LogP contribution in [0.25, 0.3) is 11.1 Å². The maximum atomic E-state index is 5.82. The van der Waals surface area contributed by atoms with Crippen molar-refractivity contribution in [1.82, 2.24) is 0 Å². The molecule has 0 atom stereocenters. The molecule has 6 nitrogen and oxygen atoms in total. The second-order valence-electron chi connectivity index (χ2n) is 5.62. The van der Waals surface area contributed by atoms with Crippen molar-refractivity contribution >= 4 is 31.9 Å². The lowest BCUT2D eigenvalue weighted by Crippen LogP contribution is -1.99. The van der Waals surface area contributed by atoms with Crippen LogP contribution in [0.3, 0.4) is 0 Å². The Morgan fingerprint density at radius 2 is 1.12 bits per heavy atom. The number of methoxy groups -OCH3 is 2. The van der Waals surface area contributed by atoms with Crippen LogP contribution in [0.2, 0.25) is 0 Å². The molecule has 2 heterocycles. The van der Waals surface area contributed by atoms with E-state index in [4.69, 9.17) is 28.4 Å². The molecule has 0 bridgehead atoms. The molecule has 26 heavy (non-hydrogen) atoms. The number of halogens is 2. The van der Waals surface area contributed by atoms with Crippen molar-refractivity contribution in [2.45, 2.75) is 10.7 Å². The highest BCUT2D eigenvalue weighted by molar-refractivity contribution is 9.08. The number of ether oxygens (including phenoxy) is 6. The summed E-state index contributed by atoms with van der Waals surface area (Å²) in [6.45, 7) is 0.285. The van der Waals surface area contributed by atoms with Gasteiger partial charge >= 0.3 is 0 Å². The lowest BCUT2D eigenvalue weighted by atomic mass is 9.93. The Balaban J connectivity index is 2.06. The van der Waals surface area contributed by atoms with Crippen molar-refractivity contribution in [2.75, 3.05) is 27.8 Å². The summed E-state index contributed by atoms with van der Waals surface area (Å²) >= 11 is 7.14. The zero-order valence-corrected chi connectivity index (χ0v) is 17.4. The molecule has 2 aromatic carbocycles. The third-order valence-electron chi connectivity index (χ3n) is 4.36. The molecule has 2 aromatic rings. The first kappa shape index (κ1) is 17.6. The maximum Gasteiger partial charge on any atom is 0.231 e. The van der Waals surface area contributed by atoms with Gasteiger partial charge in [0, 0.05) is 21.8 Å². The summed E-state index contributed by atoms with van der Waals surface area (Å²) in [5.41, 5.74) is 3.79. The molecule has 4 rings (SSSR count). The average Bonchev–Trinajstić information content (AvgIpc) is 3.35. The lowest BCUT2D eigenvalue weighted by molar-refractivity contribution is 0.170. The van der Waals surface area contributed by atoms with Crippen molar-refractivity contribution in [3.63, 3.8) is 0 Å². The van der Waals surface area contributed by atoms with E-state index < -0.39 is 0 Å². The Kier molecular flexibility index (Phi) is 4.79. The van der Waals surface area contributed by atoms with Gasteiger partial charge in [0.1, 0.15) is 0 Å². The zero-order valence-electron chi connectivity index (χ0n) is 14.2. The summed E-state index contributed by atoms with van der Waals surface area (Å²) in [5.74, 6) is 3.75. The van der Waals surface area contributed by atoms with Crippen LogP contribution in [-0.4, -0.2) is 27.8 Å². The molecular weight excluding hydrogens is 472 g/mol. The fraction of sp³-hybridized carbons (Fsp3) is 0.333. The number of fused-ring (bicyclic) bond motifs is 2. The molecule has 2 aliphatic rings. The first-order valence-electron chi connectivity index (χ1n) is 7.84. The van der Waals surface area contributed by atoms with Gasteiger partial charge in [-0.15, -0.1) is 0 Å². The number of rotatable bonds is 5. The minimum Gasteiger partial charge on any atom is -0.493 e. The predicted molar refractivity (Wildman–Crippen MR) is 102 cm³/mol. The quantitative estimate of drug-likeness (QED) is 0.573. The lowest BCUT2D eigenvalue weighted by Gasteiger charge is -2.19. The predicted octanol–water partition coefficient (Wildman–Crippen LogP) is 4.62. The Morgan fingerprint density at radius 1 is 0.731 bits per heavy atom. The van der Waals surface area contributed by atoms with Crippen molar-refractivity contribution in [2.24, 2.45) is 0 Å². The maximum absolute atomic E-state index is 5.82. The standard InChI is InChI=1S/C18H16Br2O6/c1-21-11-3-9(5-19)13(17-15(11)23-7-25-17)14-10(6-20)4-12(22-2)16-18(14)26-8-24-16/h3-4H,5-8H2,1-2H3. The largest absolute Gasteiger partial charge is 0.493 e. The van der Waals surface area contributed by atoms with Gasteiger partial charge < -0.3 is 28.4 Å². The van der Waals surface area contributed by atoms with Gasteiger partial charge in [0.05, 0.1) is 14.2 Å². The van der Waals surface area contributed by atoms with Crippen molar-refractivity contribution < 1.29 is 28.4 Å². The van der Waals surface area contributed by atoms with E-state index in [2.05, 4.69) is 31.9 Å². The van der Waals surface area contributed by atoms with Crippen molar-refractivity contribution in [3.8, 4) is 45.6 Å². The first-order valence-corrected chi connectivity index (χ1v) is 10.1. The van der Waals surface area contributed by atoms with E-state index in [0.717, 1.165) is 22.3 Å². The molecule has 0 radical (unpaired) electrons. The molecule has 0 amide bonds. The van der Waals surface area contributed by atoms with Gasteiger partial charge in [-0.2, -0.15) is 0 Å². The van der Waals surface area contributed by atoms with Crippen LogP contribution in [0, 0.1) is 0 Å². The minimum atomic E-state index is 0.143. The summed E-state index contributed by atoms with van der Waals surface area (Å²) in [6, 6.07) is 3.89. The molecule has 0 N–H and O–H groups in total. The van der Waals surface area contributed by atoms with Crippen LogP contribution in [-0.2, 0) is 10.7 Å². The van der Waals surface area contributed by atoms with E-state index in [1.165, 1.54) is 0 Å². The van der Waals surface area contributed by atoms with Gasteiger partial charge in [0.2, 0.25) is 25.1 Å². The minimum absolute atomic E-state index is 0.143. The molecule has 0 aliphatic carbocycles. The van der Waals surface area contributed by atoms with Gasteiger partial charge in [-0.1, -0.05) is 31.9 Å². The number of hydrogen-bond acceptors (Lipinski definition) is 6. The molecule has 0 saturated heterocycles. The summed E-state index contributed by atoms with van der Waals surface area (Å²) < 4.78 is 33.9. The Hall–Kier alpha value is -1.80. The Bertz CT molecular complexity index is 796. The Labute approximate surface area is 167 Å². The molecule has 2 aliphatic heterocycles. The van der Waals surface area contributed by atoms with Crippen LogP contribution < -0.4 is 28.4 Å². The molecule has 0 saturated carbocycles. The van der Waals surface area contributed by atoms with Crippen LogP contribution in [0.15, 0.2) is 12.1 Å². The second-order valence-corrected chi connectivity index (χ2v) is 6.74. The van der Waals surface area contributed by atoms with Crippen molar-refractivity contribution in [3.05, 3.63) is 23.3 Å². The van der Waals surface area contributed by atoms with E-state index in [-0.39, 0.29) is 13.6 Å². The van der Waals surface area contributed by atoms with Gasteiger partial charge in [0.25, 0.3) is 0 Å². The first-order chi connectivity index (χ1) is 12.7. The molecule has 8 heteroatoms. The van der Waals surface area contributed by atoms with E-state index in [9.17, 15) is 0 Å². The molecule has 138 valence electrons. The number of benzene rings is 2. The highest BCUT2D eigenvalue weighted by Crippen LogP contribution is 2.57. The van der Waals surface area contributed by atoms with Crippen LogP contribution >= 0.6 is 31.9 Å². The summed E-state index contributed by atoms with van der Waals surface area (Å²) in [7, 11) is 3.22. The SMILES string of the molecule is COc1cc(CBr)c(-c2c(CBr)cc(OC)c3c2OCO3)c2c1OCO2. The van der Waals surface area contributed by atoms with Gasteiger partial charge in [0.15, 0.2) is 23.0 Å². The van der Waals surface area contributed by atoms with Crippen LogP contribution in [0.1, 0.15) is 11.1 Å².